The lowest BCUT2D eigenvalue weighted by Gasteiger charge is -2.25. The zero-order chi connectivity index (χ0) is 18.7. The number of carbonyl (C=O) groups is 1. The number of likely N-dealkylation sites (N-methyl/N-ethyl adjacent to an activating group) is 1. The van der Waals surface area contributed by atoms with Crippen molar-refractivity contribution in [3.8, 4) is 17.2 Å². The summed E-state index contributed by atoms with van der Waals surface area (Å²) in [7, 11) is 5.58. The smallest absolute Gasteiger partial charge is 0.251 e. The molecule has 0 saturated carbocycles. The van der Waals surface area contributed by atoms with Gasteiger partial charge in [0.05, 0.1) is 18.2 Å². The molecule has 0 radical (unpaired) electrons. The maximum absolute atomic E-state index is 12.6. The lowest BCUT2D eigenvalue weighted by molar-refractivity contribution is 0.0941. The van der Waals surface area contributed by atoms with Gasteiger partial charge in [0.1, 0.15) is 5.75 Å². The summed E-state index contributed by atoms with van der Waals surface area (Å²) < 4.78 is 15.8. The molecule has 0 unspecified atom stereocenters. The maximum Gasteiger partial charge on any atom is 0.251 e. The first-order valence-corrected chi connectivity index (χ1v) is 8.55. The van der Waals surface area contributed by atoms with Crippen molar-refractivity contribution >= 4 is 17.5 Å². The van der Waals surface area contributed by atoms with Crippen molar-refractivity contribution in [2.45, 2.75) is 6.04 Å². The highest BCUT2D eigenvalue weighted by atomic mass is 35.5. The minimum absolute atomic E-state index is 0.0225. The van der Waals surface area contributed by atoms with E-state index >= 15 is 0 Å². The van der Waals surface area contributed by atoms with Gasteiger partial charge in [0.25, 0.3) is 5.91 Å². The molecule has 1 aliphatic rings. The first kappa shape index (κ1) is 18.4. The fourth-order valence-corrected chi connectivity index (χ4v) is 3.08. The van der Waals surface area contributed by atoms with Crippen molar-refractivity contribution in [3.05, 3.63) is 52.5 Å². The summed E-state index contributed by atoms with van der Waals surface area (Å²) in [5, 5.41) is 3.32. The zero-order valence-corrected chi connectivity index (χ0v) is 15.7. The fraction of sp³-hybridized carbons (Fsp3) is 0.316. The van der Waals surface area contributed by atoms with Gasteiger partial charge in [0.15, 0.2) is 11.5 Å². The van der Waals surface area contributed by atoms with Gasteiger partial charge in [-0.15, -0.1) is 0 Å². The summed E-state index contributed by atoms with van der Waals surface area (Å²) >= 11 is 6.15. The van der Waals surface area contributed by atoms with Gasteiger partial charge in [-0.1, -0.05) is 23.7 Å². The molecule has 2 aromatic carbocycles. The number of fused-ring (bicyclic) bond motifs is 1. The average Bonchev–Trinajstić information content (AvgIpc) is 3.11. The molecule has 0 saturated heterocycles. The van der Waals surface area contributed by atoms with Crippen LogP contribution in [0.15, 0.2) is 36.4 Å². The van der Waals surface area contributed by atoms with Crippen LogP contribution in [0.5, 0.6) is 17.2 Å². The number of carbonyl (C=O) groups excluding carboxylic acids is 1. The summed E-state index contributed by atoms with van der Waals surface area (Å²) in [6.07, 6.45) is 0. The van der Waals surface area contributed by atoms with Gasteiger partial charge in [-0.25, -0.2) is 0 Å². The Hall–Kier alpha value is -2.44. The van der Waals surface area contributed by atoms with Crippen molar-refractivity contribution in [2.75, 3.05) is 34.5 Å². The fourth-order valence-electron chi connectivity index (χ4n) is 2.81. The number of methoxy groups -OCH3 is 1. The number of hydrogen-bond donors (Lipinski definition) is 1. The molecule has 1 N–H and O–H groups in total. The molecule has 1 aliphatic heterocycles. The van der Waals surface area contributed by atoms with Crippen LogP contribution in [0.3, 0.4) is 0 Å². The second-order valence-corrected chi connectivity index (χ2v) is 6.56. The van der Waals surface area contributed by atoms with Crippen LogP contribution in [-0.2, 0) is 0 Å². The third-order valence-electron chi connectivity index (χ3n) is 4.27. The van der Waals surface area contributed by atoms with E-state index in [1.807, 2.05) is 38.4 Å². The van der Waals surface area contributed by atoms with Crippen LogP contribution in [-0.4, -0.2) is 45.3 Å². The molecule has 6 nitrogen and oxygen atoms in total. The second-order valence-electron chi connectivity index (χ2n) is 6.15. The van der Waals surface area contributed by atoms with E-state index in [1.165, 1.54) is 0 Å². The van der Waals surface area contributed by atoms with E-state index in [0.717, 1.165) is 11.3 Å². The van der Waals surface area contributed by atoms with Gasteiger partial charge in [0.2, 0.25) is 6.79 Å². The van der Waals surface area contributed by atoms with Crippen LogP contribution < -0.4 is 19.5 Å². The van der Waals surface area contributed by atoms with Crippen LogP contribution in [0.2, 0.25) is 5.02 Å². The lowest BCUT2D eigenvalue weighted by atomic mass is 10.1. The Bertz CT molecular complexity index is 793. The topological polar surface area (TPSA) is 60.0 Å². The Labute approximate surface area is 157 Å². The van der Waals surface area contributed by atoms with E-state index < -0.39 is 0 Å². The first-order valence-electron chi connectivity index (χ1n) is 8.17. The summed E-state index contributed by atoms with van der Waals surface area (Å²) in [4.78, 5) is 14.6. The standard InChI is InChI=1S/C19H21ClN2O4/c1-22(2)16(12-4-6-14(24-3)7-5-12)10-21-19(23)13-8-15(20)18-17(9-13)25-11-26-18/h4-9,16H,10-11H2,1-3H3,(H,21,23)/t16-/m0/s1. The average molecular weight is 377 g/mol. The summed E-state index contributed by atoms with van der Waals surface area (Å²) in [5.74, 6) is 1.55. The van der Waals surface area contributed by atoms with Gasteiger partial charge >= 0.3 is 0 Å². The quantitative estimate of drug-likeness (QED) is 0.839. The molecule has 138 valence electrons. The molecule has 0 aliphatic carbocycles. The second kappa shape index (κ2) is 7.85. The molecule has 7 heteroatoms. The first-order chi connectivity index (χ1) is 12.5. The normalized spacial score (nSPS) is 13.6. The molecular formula is C19H21ClN2O4. The van der Waals surface area contributed by atoms with Crippen LogP contribution in [0.1, 0.15) is 22.0 Å². The van der Waals surface area contributed by atoms with Gasteiger partial charge in [-0.2, -0.15) is 0 Å². The van der Waals surface area contributed by atoms with Gasteiger partial charge in [-0.05, 0) is 43.9 Å². The molecule has 0 spiro atoms. The molecule has 1 amide bonds. The summed E-state index contributed by atoms with van der Waals surface area (Å²) in [5.41, 5.74) is 1.52. The third-order valence-corrected chi connectivity index (χ3v) is 4.55. The van der Waals surface area contributed by atoms with Crippen molar-refractivity contribution in [1.82, 2.24) is 10.2 Å². The van der Waals surface area contributed by atoms with Gasteiger partial charge < -0.3 is 24.4 Å². The van der Waals surface area contributed by atoms with Crippen molar-refractivity contribution in [3.63, 3.8) is 0 Å². The molecule has 3 rings (SSSR count). The summed E-state index contributed by atoms with van der Waals surface area (Å²) in [6, 6.07) is 11.1. The lowest BCUT2D eigenvalue weighted by Crippen LogP contribution is -2.34. The number of nitrogens with one attached hydrogen (secondary N) is 1. The van der Waals surface area contributed by atoms with Crippen LogP contribution in [0, 0.1) is 0 Å². The van der Waals surface area contributed by atoms with E-state index in [9.17, 15) is 4.79 Å². The number of benzene rings is 2. The summed E-state index contributed by atoms with van der Waals surface area (Å²) in [6.45, 7) is 0.560. The number of hydrogen-bond acceptors (Lipinski definition) is 5. The zero-order valence-electron chi connectivity index (χ0n) is 14.9. The van der Waals surface area contributed by atoms with Crippen LogP contribution >= 0.6 is 11.6 Å². The predicted octanol–water partition coefficient (Wildman–Crippen LogP) is 3.11. The number of halogens is 1. The van der Waals surface area contributed by atoms with Gasteiger partial charge in [0, 0.05) is 12.1 Å². The van der Waals surface area contributed by atoms with Gasteiger partial charge in [-0.3, -0.25) is 4.79 Å². The predicted molar refractivity (Wildman–Crippen MR) is 99.3 cm³/mol. The highest BCUT2D eigenvalue weighted by Gasteiger charge is 2.22. The number of nitrogens with zero attached hydrogens (tertiary/aromatic N) is 1. The minimum Gasteiger partial charge on any atom is -0.497 e. The highest BCUT2D eigenvalue weighted by molar-refractivity contribution is 6.32. The molecule has 0 bridgehead atoms. The highest BCUT2D eigenvalue weighted by Crippen LogP contribution is 2.39. The van der Waals surface area contributed by atoms with Crippen LogP contribution in [0.25, 0.3) is 0 Å². The number of rotatable bonds is 6. The third kappa shape index (κ3) is 3.86. The minimum atomic E-state index is -0.217. The van der Waals surface area contributed by atoms with E-state index in [2.05, 4.69) is 10.2 Å². The molecule has 1 heterocycles. The SMILES string of the molecule is COc1ccc([C@H](CNC(=O)c2cc(Cl)c3c(c2)OCO3)N(C)C)cc1. The van der Waals surface area contributed by atoms with E-state index in [1.54, 1.807) is 19.2 Å². The Morgan fingerprint density at radius 3 is 2.65 bits per heavy atom. The number of ether oxygens (including phenoxy) is 3. The molecule has 2 aromatic rings. The molecule has 0 fully saturated rings. The largest absolute Gasteiger partial charge is 0.497 e. The van der Waals surface area contributed by atoms with Crippen molar-refractivity contribution < 1.29 is 19.0 Å². The van der Waals surface area contributed by atoms with E-state index in [4.69, 9.17) is 25.8 Å². The Morgan fingerprint density at radius 2 is 2.00 bits per heavy atom. The molecule has 0 aromatic heterocycles. The van der Waals surface area contributed by atoms with E-state index in [0.29, 0.717) is 28.6 Å². The number of amides is 1. The van der Waals surface area contributed by atoms with Crippen LogP contribution in [0.4, 0.5) is 0 Å². The molecule has 1 atom stereocenters. The Balaban J connectivity index is 1.71. The Kier molecular flexibility index (Phi) is 5.54. The van der Waals surface area contributed by atoms with Crippen molar-refractivity contribution in [1.29, 1.82) is 0 Å². The molecule has 26 heavy (non-hydrogen) atoms. The maximum atomic E-state index is 12.6. The molecular weight excluding hydrogens is 356 g/mol. The monoisotopic (exact) mass is 376 g/mol. The Morgan fingerprint density at radius 1 is 1.27 bits per heavy atom. The van der Waals surface area contributed by atoms with E-state index in [-0.39, 0.29) is 18.7 Å². The van der Waals surface area contributed by atoms with Crippen molar-refractivity contribution in [2.24, 2.45) is 0 Å².